The third-order valence-corrected chi connectivity index (χ3v) is 4.03. The van der Waals surface area contributed by atoms with E-state index in [4.69, 9.17) is 5.73 Å². The number of pyridine rings is 1. The van der Waals surface area contributed by atoms with Gasteiger partial charge in [-0.1, -0.05) is 6.07 Å². The van der Waals surface area contributed by atoms with Crippen molar-refractivity contribution in [3.63, 3.8) is 0 Å². The van der Waals surface area contributed by atoms with E-state index >= 15 is 0 Å². The molecular weight excluding hydrogens is 409 g/mol. The van der Waals surface area contributed by atoms with Gasteiger partial charge in [-0.3, -0.25) is 14.4 Å². The fourth-order valence-electron chi connectivity index (χ4n) is 2.33. The van der Waals surface area contributed by atoms with Gasteiger partial charge in [0.1, 0.15) is 12.1 Å². The number of aryl methyl sites for hydroxylation is 2. The van der Waals surface area contributed by atoms with Crippen LogP contribution in [-0.4, -0.2) is 16.4 Å². The number of hydrogen-bond acceptors (Lipinski definition) is 3. The number of benzene rings is 1. The van der Waals surface area contributed by atoms with Gasteiger partial charge in [-0.25, -0.2) is 0 Å². The Balaban J connectivity index is 2.29. The third kappa shape index (κ3) is 3.98. The van der Waals surface area contributed by atoms with Crippen molar-refractivity contribution in [3.05, 3.63) is 61.1 Å². The Morgan fingerprint density at radius 3 is 2.57 bits per heavy atom. The summed E-state index contributed by atoms with van der Waals surface area (Å²) < 4.78 is 2.23. The lowest BCUT2D eigenvalue weighted by Gasteiger charge is -2.13. The SMILES string of the molecule is Cc1cc(C)n(CC(=O)Nc2cccc(I)c2)c(=O)c1C(N)=O. The summed E-state index contributed by atoms with van der Waals surface area (Å²) in [5.41, 5.74) is 6.37. The number of amides is 2. The van der Waals surface area contributed by atoms with E-state index in [2.05, 4.69) is 27.9 Å². The number of primary amides is 1. The van der Waals surface area contributed by atoms with E-state index in [0.717, 1.165) is 3.57 Å². The van der Waals surface area contributed by atoms with Crippen LogP contribution in [0.2, 0.25) is 0 Å². The molecule has 0 aliphatic rings. The molecule has 0 fully saturated rings. The zero-order valence-corrected chi connectivity index (χ0v) is 14.9. The van der Waals surface area contributed by atoms with Crippen molar-refractivity contribution >= 4 is 40.1 Å². The number of nitrogens with two attached hydrogens (primary N) is 1. The van der Waals surface area contributed by atoms with Gasteiger partial charge in [-0.15, -0.1) is 0 Å². The summed E-state index contributed by atoms with van der Waals surface area (Å²) in [4.78, 5) is 36.0. The molecule has 0 aliphatic heterocycles. The molecule has 3 N–H and O–H groups in total. The van der Waals surface area contributed by atoms with Crippen molar-refractivity contribution in [1.82, 2.24) is 4.57 Å². The van der Waals surface area contributed by atoms with E-state index in [0.29, 0.717) is 16.9 Å². The number of nitrogens with one attached hydrogen (secondary N) is 1. The normalized spacial score (nSPS) is 10.4. The first kappa shape index (κ1) is 17.2. The molecule has 7 heteroatoms. The summed E-state index contributed by atoms with van der Waals surface area (Å²) in [6, 6.07) is 8.98. The molecule has 23 heavy (non-hydrogen) atoms. The molecule has 0 spiro atoms. The van der Waals surface area contributed by atoms with Gasteiger partial charge in [-0.2, -0.15) is 0 Å². The van der Waals surface area contributed by atoms with Crippen LogP contribution >= 0.6 is 22.6 Å². The maximum atomic E-state index is 12.4. The first-order chi connectivity index (χ1) is 10.8. The topological polar surface area (TPSA) is 94.2 Å². The summed E-state index contributed by atoms with van der Waals surface area (Å²) in [5, 5.41) is 2.73. The van der Waals surface area contributed by atoms with Crippen molar-refractivity contribution in [2.75, 3.05) is 5.32 Å². The standard InChI is InChI=1S/C16H16IN3O3/c1-9-6-10(2)20(16(23)14(9)15(18)22)8-13(21)19-12-5-3-4-11(17)7-12/h3-7H,8H2,1-2H3,(H2,18,22)(H,19,21). The molecule has 1 heterocycles. The Morgan fingerprint density at radius 1 is 1.26 bits per heavy atom. The highest BCUT2D eigenvalue weighted by Gasteiger charge is 2.16. The van der Waals surface area contributed by atoms with Crippen LogP contribution in [0, 0.1) is 17.4 Å². The van der Waals surface area contributed by atoms with Crippen LogP contribution in [0.3, 0.4) is 0 Å². The number of hydrogen-bond donors (Lipinski definition) is 2. The summed E-state index contributed by atoms with van der Waals surface area (Å²) in [5.74, 6) is -1.14. The number of carbonyl (C=O) groups excluding carboxylic acids is 2. The van der Waals surface area contributed by atoms with Crippen LogP contribution in [0.25, 0.3) is 0 Å². The lowest BCUT2D eigenvalue weighted by Crippen LogP contribution is -2.35. The number of anilines is 1. The zero-order valence-electron chi connectivity index (χ0n) is 12.7. The Labute approximate surface area is 146 Å². The van der Waals surface area contributed by atoms with Gasteiger partial charge in [-0.05, 0) is 66.3 Å². The third-order valence-electron chi connectivity index (χ3n) is 3.36. The molecule has 1 aromatic carbocycles. The van der Waals surface area contributed by atoms with E-state index in [9.17, 15) is 14.4 Å². The van der Waals surface area contributed by atoms with Crippen LogP contribution in [-0.2, 0) is 11.3 Å². The molecule has 1 aromatic heterocycles. The van der Waals surface area contributed by atoms with Crippen molar-refractivity contribution in [2.24, 2.45) is 5.73 Å². The highest BCUT2D eigenvalue weighted by Crippen LogP contribution is 2.12. The second kappa shape index (κ2) is 6.95. The summed E-state index contributed by atoms with van der Waals surface area (Å²) in [7, 11) is 0. The van der Waals surface area contributed by atoms with Gasteiger partial charge in [0.15, 0.2) is 0 Å². The molecule has 0 atom stereocenters. The molecule has 120 valence electrons. The zero-order chi connectivity index (χ0) is 17.1. The summed E-state index contributed by atoms with van der Waals surface area (Å²) in [6.07, 6.45) is 0. The lowest BCUT2D eigenvalue weighted by atomic mass is 10.1. The minimum Gasteiger partial charge on any atom is -0.365 e. The number of aromatic nitrogens is 1. The van der Waals surface area contributed by atoms with Crippen LogP contribution in [0.1, 0.15) is 21.6 Å². The Bertz CT molecular complexity index is 843. The van der Waals surface area contributed by atoms with Gasteiger partial charge in [0, 0.05) is 15.0 Å². The molecule has 2 aromatic rings. The molecule has 0 saturated carbocycles. The Kier molecular flexibility index (Phi) is 5.19. The van der Waals surface area contributed by atoms with Gasteiger partial charge >= 0.3 is 0 Å². The van der Waals surface area contributed by atoms with Gasteiger partial charge < -0.3 is 15.6 Å². The van der Waals surface area contributed by atoms with Crippen molar-refractivity contribution in [1.29, 1.82) is 0 Å². The maximum absolute atomic E-state index is 12.4. The molecule has 2 amide bonds. The molecule has 6 nitrogen and oxygen atoms in total. The predicted molar refractivity (Wildman–Crippen MR) is 96.5 cm³/mol. The van der Waals surface area contributed by atoms with Gasteiger partial charge in [0.25, 0.3) is 11.5 Å². The predicted octanol–water partition coefficient (Wildman–Crippen LogP) is 1.81. The molecule has 0 unspecified atom stereocenters. The fourth-order valence-corrected chi connectivity index (χ4v) is 2.88. The van der Waals surface area contributed by atoms with Crippen molar-refractivity contribution < 1.29 is 9.59 Å². The maximum Gasteiger partial charge on any atom is 0.264 e. The molecular formula is C16H16IN3O3. The van der Waals surface area contributed by atoms with Gasteiger partial charge in [0.2, 0.25) is 5.91 Å². The number of nitrogens with zero attached hydrogens (tertiary/aromatic N) is 1. The molecule has 2 rings (SSSR count). The fraction of sp³-hybridized carbons (Fsp3) is 0.188. The summed E-state index contributed by atoms with van der Waals surface area (Å²) >= 11 is 2.14. The smallest absolute Gasteiger partial charge is 0.264 e. The van der Waals surface area contributed by atoms with Crippen LogP contribution in [0.4, 0.5) is 5.69 Å². The van der Waals surface area contributed by atoms with Crippen LogP contribution in [0.5, 0.6) is 0 Å². The van der Waals surface area contributed by atoms with E-state index < -0.39 is 11.5 Å². The minimum absolute atomic E-state index is 0.0855. The molecule has 0 bridgehead atoms. The van der Waals surface area contributed by atoms with Gasteiger partial charge in [0.05, 0.1) is 0 Å². The van der Waals surface area contributed by atoms with E-state index in [-0.39, 0.29) is 18.0 Å². The highest BCUT2D eigenvalue weighted by molar-refractivity contribution is 14.1. The Hall–Kier alpha value is -2.16. The molecule has 0 radical (unpaired) electrons. The number of halogens is 1. The Morgan fingerprint density at radius 2 is 1.96 bits per heavy atom. The van der Waals surface area contributed by atoms with Crippen molar-refractivity contribution in [2.45, 2.75) is 20.4 Å². The largest absolute Gasteiger partial charge is 0.365 e. The average Bonchev–Trinajstić information content (AvgIpc) is 2.42. The second-order valence-electron chi connectivity index (χ2n) is 5.16. The highest BCUT2D eigenvalue weighted by atomic mass is 127. The second-order valence-corrected chi connectivity index (χ2v) is 6.40. The number of rotatable bonds is 4. The first-order valence-corrected chi connectivity index (χ1v) is 7.93. The first-order valence-electron chi connectivity index (χ1n) is 6.86. The van der Waals surface area contributed by atoms with Crippen LogP contribution < -0.4 is 16.6 Å². The minimum atomic E-state index is -0.792. The molecule has 0 saturated heterocycles. The van der Waals surface area contributed by atoms with E-state index in [1.165, 1.54) is 4.57 Å². The van der Waals surface area contributed by atoms with Crippen LogP contribution in [0.15, 0.2) is 35.1 Å². The summed E-state index contributed by atoms with van der Waals surface area (Å²) in [6.45, 7) is 3.17. The average molecular weight is 425 g/mol. The quantitative estimate of drug-likeness (QED) is 0.732. The van der Waals surface area contributed by atoms with Crippen molar-refractivity contribution in [3.8, 4) is 0 Å². The van der Waals surface area contributed by atoms with E-state index in [1.54, 1.807) is 26.0 Å². The lowest BCUT2D eigenvalue weighted by molar-refractivity contribution is -0.116. The molecule has 0 aliphatic carbocycles. The monoisotopic (exact) mass is 425 g/mol. The van der Waals surface area contributed by atoms with E-state index in [1.807, 2.05) is 18.2 Å². The number of carbonyl (C=O) groups is 2.